The average Bonchev–Trinajstić information content (AvgIpc) is 3.49. The van der Waals surface area contributed by atoms with Crippen LogP contribution in [0.15, 0.2) is 23.8 Å². The Bertz CT molecular complexity index is 1160. The molecule has 6 rings (SSSR count). The molecule has 9 atom stereocenters. The number of fused-ring (bicyclic) bond motifs is 7. The van der Waals surface area contributed by atoms with E-state index in [2.05, 4.69) is 0 Å². The molecule has 2 bridgehead atoms. The Morgan fingerprint density at radius 1 is 1.08 bits per heavy atom. The number of allylic oxidation sites excluding steroid dienone is 4. The Kier molecular flexibility index (Phi) is 5.39. The fourth-order valence-electron chi connectivity index (χ4n) is 9.85. The molecule has 6 aliphatic rings. The number of hydrogen-bond donors (Lipinski definition) is 2. The van der Waals surface area contributed by atoms with Gasteiger partial charge in [0.15, 0.2) is 11.5 Å². The standard InChI is InChI=1S/C29H36F2O7/c1-15-10-18-19-12-21(30)20-11-17(32)6-7-25(20,2)28(19,31)22(33)14-26(18,3)29(15,23(34)35)38-24(36)37-27-8-4-16(13-27)5-9-27/h6-7,11,15-16,18-19,21-22,33H,4-5,8-10,12-14H2,1-3H3,(H,34,35)/t15-,16-,18+,19+,21+,22+,25+,26+,27-,28?,29-/m1/s1. The molecule has 5 fully saturated rings. The highest BCUT2D eigenvalue weighted by Crippen LogP contribution is 2.71. The number of hydrogen-bond acceptors (Lipinski definition) is 6. The maximum Gasteiger partial charge on any atom is 0.509 e. The number of rotatable bonds is 3. The highest BCUT2D eigenvalue weighted by molar-refractivity contribution is 6.01. The van der Waals surface area contributed by atoms with Crippen LogP contribution in [0, 0.1) is 34.5 Å². The lowest BCUT2D eigenvalue weighted by Gasteiger charge is -2.62. The van der Waals surface area contributed by atoms with Gasteiger partial charge < -0.3 is 19.7 Å². The highest BCUT2D eigenvalue weighted by Gasteiger charge is 2.78. The van der Waals surface area contributed by atoms with Crippen LogP contribution in [0.1, 0.15) is 72.1 Å². The van der Waals surface area contributed by atoms with E-state index in [-0.39, 0.29) is 24.8 Å². The van der Waals surface area contributed by atoms with Crippen molar-refractivity contribution in [1.82, 2.24) is 0 Å². The van der Waals surface area contributed by atoms with E-state index >= 15 is 8.78 Å². The number of halogens is 2. The normalized spacial score (nSPS) is 52.6. The summed E-state index contributed by atoms with van der Waals surface area (Å²) in [4.78, 5) is 38.2. The summed E-state index contributed by atoms with van der Waals surface area (Å²) < 4.78 is 44.6. The summed E-state index contributed by atoms with van der Waals surface area (Å²) in [5.74, 6) is -3.79. The molecule has 0 aromatic carbocycles. The Balaban J connectivity index is 1.38. The van der Waals surface area contributed by atoms with E-state index in [4.69, 9.17) is 9.47 Å². The summed E-state index contributed by atoms with van der Waals surface area (Å²) in [6, 6.07) is 0. The van der Waals surface area contributed by atoms with Gasteiger partial charge in [-0.15, -0.1) is 0 Å². The molecule has 0 aromatic heterocycles. The predicted octanol–water partition coefficient (Wildman–Crippen LogP) is 4.86. The molecule has 9 heteroatoms. The number of alkyl halides is 2. The molecule has 38 heavy (non-hydrogen) atoms. The lowest BCUT2D eigenvalue weighted by atomic mass is 9.44. The zero-order valence-corrected chi connectivity index (χ0v) is 22.0. The summed E-state index contributed by atoms with van der Waals surface area (Å²) in [6.07, 6.45) is 2.99. The Hall–Kier alpha value is -2.29. The molecule has 0 amide bonds. The third kappa shape index (κ3) is 3.00. The number of aliphatic hydroxyl groups excluding tert-OH is 1. The molecular formula is C29H36F2O7. The summed E-state index contributed by atoms with van der Waals surface area (Å²) in [5.41, 5.74) is -7.98. The number of aliphatic hydroxyl groups is 1. The first-order chi connectivity index (χ1) is 17.7. The number of carboxylic acid groups (broad SMARTS) is 1. The first kappa shape index (κ1) is 26.0. The van der Waals surface area contributed by atoms with Crippen molar-refractivity contribution in [2.75, 3.05) is 0 Å². The monoisotopic (exact) mass is 534 g/mol. The van der Waals surface area contributed by atoms with Crippen LogP contribution in [0.4, 0.5) is 13.6 Å². The second-order valence-electron chi connectivity index (χ2n) is 13.3. The van der Waals surface area contributed by atoms with E-state index in [0.29, 0.717) is 5.92 Å². The molecule has 0 aliphatic heterocycles. The van der Waals surface area contributed by atoms with Crippen molar-refractivity contribution < 1.29 is 42.9 Å². The molecule has 2 N–H and O–H groups in total. The molecule has 208 valence electrons. The van der Waals surface area contributed by atoms with E-state index < -0.39 is 75.6 Å². The van der Waals surface area contributed by atoms with Gasteiger partial charge in [-0.05, 0) is 87.9 Å². The molecular weight excluding hydrogens is 498 g/mol. The molecule has 0 radical (unpaired) electrons. The lowest BCUT2D eigenvalue weighted by molar-refractivity contribution is -0.233. The minimum atomic E-state index is -2.33. The number of ketones is 1. The second kappa shape index (κ2) is 7.89. The van der Waals surface area contributed by atoms with Gasteiger partial charge in [-0.25, -0.2) is 18.4 Å². The van der Waals surface area contributed by atoms with Crippen LogP contribution in [0.25, 0.3) is 0 Å². The van der Waals surface area contributed by atoms with Crippen molar-refractivity contribution in [2.24, 2.45) is 34.5 Å². The smallest absolute Gasteiger partial charge is 0.478 e. The largest absolute Gasteiger partial charge is 0.509 e. The van der Waals surface area contributed by atoms with Crippen molar-refractivity contribution in [3.8, 4) is 0 Å². The minimum absolute atomic E-state index is 0.00691. The van der Waals surface area contributed by atoms with Crippen LogP contribution in [0.2, 0.25) is 0 Å². The van der Waals surface area contributed by atoms with E-state index in [9.17, 15) is 24.6 Å². The Labute approximate surface area is 220 Å². The van der Waals surface area contributed by atoms with Gasteiger partial charge in [-0.3, -0.25) is 4.79 Å². The first-order valence-corrected chi connectivity index (χ1v) is 13.8. The number of ether oxygens (including phenoxy) is 2. The van der Waals surface area contributed by atoms with Crippen molar-refractivity contribution in [2.45, 2.75) is 101 Å². The van der Waals surface area contributed by atoms with Crippen LogP contribution >= 0.6 is 0 Å². The SMILES string of the molecule is C[C@@H]1C[C@H]2[C@@H]3C[C@H](F)C4=CC(=O)C=C[C@]4(C)C3(F)[C@@H](O)C[C@]2(C)[C@]1(OC(=O)O[C@]12CC[C@H](CC1)C2)C(=O)O. The zero-order valence-electron chi connectivity index (χ0n) is 22.0. The fraction of sp³-hybridized carbons (Fsp3) is 0.759. The molecule has 0 saturated heterocycles. The van der Waals surface area contributed by atoms with Gasteiger partial charge in [0.25, 0.3) is 0 Å². The van der Waals surface area contributed by atoms with Crippen molar-refractivity contribution in [3.05, 3.63) is 23.8 Å². The molecule has 0 spiro atoms. The third-order valence-corrected chi connectivity index (χ3v) is 11.7. The third-order valence-electron chi connectivity index (χ3n) is 11.7. The highest BCUT2D eigenvalue weighted by atomic mass is 19.1. The summed E-state index contributed by atoms with van der Waals surface area (Å²) in [7, 11) is 0. The average molecular weight is 535 g/mol. The molecule has 0 heterocycles. The summed E-state index contributed by atoms with van der Waals surface area (Å²) >= 11 is 0. The molecule has 7 nitrogen and oxygen atoms in total. The van der Waals surface area contributed by atoms with Crippen LogP contribution in [-0.2, 0) is 19.1 Å². The number of carbonyl (C=O) groups is 3. The number of carboxylic acids is 1. The summed E-state index contributed by atoms with van der Waals surface area (Å²) in [6.45, 7) is 4.77. The second-order valence-corrected chi connectivity index (χ2v) is 13.3. The maximum atomic E-state index is 17.4. The number of aliphatic carboxylic acids is 1. The van der Waals surface area contributed by atoms with Gasteiger partial charge in [-0.2, -0.15) is 0 Å². The maximum absolute atomic E-state index is 17.4. The van der Waals surface area contributed by atoms with E-state index in [1.54, 1.807) is 13.8 Å². The van der Waals surface area contributed by atoms with Crippen molar-refractivity contribution in [3.63, 3.8) is 0 Å². The first-order valence-electron chi connectivity index (χ1n) is 13.8. The topological polar surface area (TPSA) is 110 Å². The predicted molar refractivity (Wildman–Crippen MR) is 130 cm³/mol. The van der Waals surface area contributed by atoms with Gasteiger partial charge in [0.1, 0.15) is 11.8 Å². The van der Waals surface area contributed by atoms with E-state index in [1.807, 2.05) is 0 Å². The Morgan fingerprint density at radius 2 is 1.76 bits per heavy atom. The summed E-state index contributed by atoms with van der Waals surface area (Å²) in [5, 5.41) is 22.1. The fourth-order valence-corrected chi connectivity index (χ4v) is 9.85. The molecule has 5 saturated carbocycles. The minimum Gasteiger partial charge on any atom is -0.478 e. The van der Waals surface area contributed by atoms with Gasteiger partial charge in [0.2, 0.25) is 5.60 Å². The Morgan fingerprint density at radius 3 is 2.37 bits per heavy atom. The van der Waals surface area contributed by atoms with Crippen LogP contribution in [0.5, 0.6) is 0 Å². The van der Waals surface area contributed by atoms with Crippen LogP contribution in [0.3, 0.4) is 0 Å². The van der Waals surface area contributed by atoms with Crippen molar-refractivity contribution in [1.29, 1.82) is 0 Å². The number of carbonyl (C=O) groups excluding carboxylic acids is 2. The van der Waals surface area contributed by atoms with Gasteiger partial charge in [0, 0.05) is 22.7 Å². The molecule has 1 unspecified atom stereocenters. The molecule has 6 aliphatic carbocycles. The van der Waals surface area contributed by atoms with Crippen LogP contribution in [-0.4, -0.2) is 57.3 Å². The van der Waals surface area contributed by atoms with Gasteiger partial charge in [0.05, 0.1) is 6.10 Å². The van der Waals surface area contributed by atoms with Crippen LogP contribution < -0.4 is 0 Å². The van der Waals surface area contributed by atoms with Gasteiger partial charge >= 0.3 is 12.1 Å². The van der Waals surface area contributed by atoms with Crippen molar-refractivity contribution >= 4 is 17.9 Å². The quantitative estimate of drug-likeness (QED) is 0.498. The molecule has 0 aromatic rings. The van der Waals surface area contributed by atoms with E-state index in [0.717, 1.165) is 38.2 Å². The van der Waals surface area contributed by atoms with Gasteiger partial charge in [-0.1, -0.05) is 19.9 Å². The lowest BCUT2D eigenvalue weighted by Crippen LogP contribution is -2.71. The van der Waals surface area contributed by atoms with E-state index in [1.165, 1.54) is 19.1 Å². The zero-order chi connectivity index (χ0) is 27.5.